The first-order valence-electron chi connectivity index (χ1n) is 4.91. The van der Waals surface area contributed by atoms with E-state index < -0.39 is 0 Å². The van der Waals surface area contributed by atoms with Gasteiger partial charge in [-0.1, -0.05) is 49.4 Å². The van der Waals surface area contributed by atoms with Gasteiger partial charge in [-0.3, -0.25) is 0 Å². The molecule has 0 unspecified atom stereocenters. The van der Waals surface area contributed by atoms with Crippen LogP contribution in [0.25, 0.3) is 0 Å². The summed E-state index contributed by atoms with van der Waals surface area (Å²) in [6.45, 7) is 2.19. The molecule has 0 saturated heterocycles. The Hall–Kier alpha value is -0.340. The summed E-state index contributed by atoms with van der Waals surface area (Å²) in [6.07, 6.45) is 5.81. The van der Waals surface area contributed by atoms with Gasteiger partial charge in [0.15, 0.2) is 10.3 Å². The highest BCUT2D eigenvalue weighted by Crippen LogP contribution is 2.18. The monoisotopic (exact) mass is 232 g/mol. The first-order chi connectivity index (χ1) is 6.74. The maximum Gasteiger partial charge on any atom is 0.155 e. The van der Waals surface area contributed by atoms with Crippen molar-refractivity contribution in [1.29, 1.82) is 0 Å². The zero-order chi connectivity index (χ0) is 10.4. The van der Waals surface area contributed by atoms with Gasteiger partial charge in [-0.25, -0.2) is 0 Å². The Kier molecular flexibility index (Phi) is 5.20. The lowest BCUT2D eigenvalue weighted by Gasteiger charge is -2.02. The molecule has 0 aliphatic heterocycles. The second-order valence-electron chi connectivity index (χ2n) is 3.29. The van der Waals surface area contributed by atoms with E-state index in [1.807, 2.05) is 0 Å². The Morgan fingerprint density at radius 3 is 2.64 bits per heavy atom. The molecular weight excluding hydrogens is 219 g/mol. The van der Waals surface area contributed by atoms with Crippen molar-refractivity contribution < 1.29 is 0 Å². The van der Waals surface area contributed by atoms with E-state index in [-0.39, 0.29) is 0 Å². The van der Waals surface area contributed by atoms with Crippen LogP contribution in [0.4, 0.5) is 0 Å². The van der Waals surface area contributed by atoms with E-state index in [1.54, 1.807) is 6.07 Å². The third-order valence-electron chi connectivity index (χ3n) is 2.09. The predicted molar refractivity (Wildman–Crippen MR) is 59.9 cm³/mol. The van der Waals surface area contributed by atoms with Crippen molar-refractivity contribution in [3.05, 3.63) is 21.9 Å². The molecule has 0 aliphatic rings. The number of hydrogen-bond acceptors (Lipinski definition) is 2. The van der Waals surface area contributed by atoms with E-state index in [2.05, 4.69) is 17.1 Å². The van der Waals surface area contributed by atoms with Crippen LogP contribution in [0.1, 0.15) is 38.2 Å². The van der Waals surface area contributed by atoms with Gasteiger partial charge in [-0.2, -0.15) is 0 Å². The van der Waals surface area contributed by atoms with Crippen molar-refractivity contribution in [3.8, 4) is 0 Å². The van der Waals surface area contributed by atoms with Gasteiger partial charge in [0, 0.05) is 0 Å². The fourth-order valence-corrected chi connectivity index (χ4v) is 1.66. The highest BCUT2D eigenvalue weighted by atomic mass is 35.5. The Morgan fingerprint density at radius 1 is 1.14 bits per heavy atom. The third kappa shape index (κ3) is 3.81. The minimum Gasteiger partial charge on any atom is -0.137 e. The van der Waals surface area contributed by atoms with Gasteiger partial charge in [0.2, 0.25) is 0 Å². The SMILES string of the molecule is CCCCCCc1cc(Cl)nnc1Cl. The number of unbranched alkanes of at least 4 members (excludes halogenated alkanes) is 3. The summed E-state index contributed by atoms with van der Waals surface area (Å²) in [4.78, 5) is 0. The number of halogens is 2. The lowest BCUT2D eigenvalue weighted by Crippen LogP contribution is -1.92. The minimum absolute atomic E-state index is 0.417. The maximum absolute atomic E-state index is 5.88. The normalized spacial score (nSPS) is 10.5. The molecule has 4 heteroatoms. The van der Waals surface area contributed by atoms with Crippen LogP contribution in [-0.4, -0.2) is 10.2 Å². The highest BCUT2D eigenvalue weighted by Gasteiger charge is 2.03. The molecule has 1 aromatic rings. The molecule has 0 fully saturated rings. The van der Waals surface area contributed by atoms with E-state index in [1.165, 1.54) is 19.3 Å². The maximum atomic E-state index is 5.88. The van der Waals surface area contributed by atoms with Crippen LogP contribution in [0.3, 0.4) is 0 Å². The van der Waals surface area contributed by atoms with Crippen molar-refractivity contribution in [2.45, 2.75) is 39.0 Å². The molecule has 1 aromatic heterocycles. The minimum atomic E-state index is 0.417. The van der Waals surface area contributed by atoms with Crippen LogP contribution in [0, 0.1) is 0 Å². The van der Waals surface area contributed by atoms with Crippen LogP contribution >= 0.6 is 23.2 Å². The van der Waals surface area contributed by atoms with Gasteiger partial charge in [-0.15, -0.1) is 10.2 Å². The van der Waals surface area contributed by atoms with Gasteiger partial charge in [-0.05, 0) is 24.5 Å². The molecule has 1 rings (SSSR count). The van der Waals surface area contributed by atoms with Crippen LogP contribution < -0.4 is 0 Å². The predicted octanol–water partition coefficient (Wildman–Crippen LogP) is 3.91. The van der Waals surface area contributed by atoms with Gasteiger partial charge in [0.1, 0.15) is 0 Å². The summed E-state index contributed by atoms with van der Waals surface area (Å²) in [5, 5.41) is 8.32. The van der Waals surface area contributed by atoms with Crippen molar-refractivity contribution in [3.63, 3.8) is 0 Å². The summed E-state index contributed by atoms with van der Waals surface area (Å²) in [6, 6.07) is 1.79. The van der Waals surface area contributed by atoms with Crippen molar-refractivity contribution >= 4 is 23.2 Å². The standard InChI is InChI=1S/C10H14Cl2N2/c1-2-3-4-5-6-8-7-9(11)13-14-10(8)12/h7H,2-6H2,1H3. The molecule has 0 amide bonds. The molecule has 0 bridgehead atoms. The lowest BCUT2D eigenvalue weighted by atomic mass is 10.1. The average Bonchev–Trinajstić information content (AvgIpc) is 2.18. The van der Waals surface area contributed by atoms with Crippen molar-refractivity contribution in [2.75, 3.05) is 0 Å². The van der Waals surface area contributed by atoms with Crippen LogP contribution in [0.5, 0.6) is 0 Å². The molecule has 0 aromatic carbocycles. The van der Waals surface area contributed by atoms with Crippen LogP contribution in [-0.2, 0) is 6.42 Å². The first kappa shape index (κ1) is 11.7. The average molecular weight is 233 g/mol. The number of hydrogen-bond donors (Lipinski definition) is 0. The molecule has 0 atom stereocenters. The Balaban J connectivity index is 2.45. The molecule has 0 spiro atoms. The number of nitrogens with zero attached hydrogens (tertiary/aromatic N) is 2. The van der Waals surface area contributed by atoms with Crippen molar-refractivity contribution in [1.82, 2.24) is 10.2 Å². The zero-order valence-electron chi connectivity index (χ0n) is 8.26. The van der Waals surface area contributed by atoms with Gasteiger partial charge in [0.05, 0.1) is 0 Å². The molecule has 0 saturated carbocycles. The zero-order valence-corrected chi connectivity index (χ0v) is 9.78. The molecule has 78 valence electrons. The summed E-state index contributed by atoms with van der Waals surface area (Å²) < 4.78 is 0. The topological polar surface area (TPSA) is 25.8 Å². The van der Waals surface area contributed by atoms with E-state index in [9.17, 15) is 0 Å². The quantitative estimate of drug-likeness (QED) is 0.720. The van der Waals surface area contributed by atoms with Gasteiger partial charge < -0.3 is 0 Å². The Labute approximate surface area is 94.6 Å². The molecule has 0 aliphatic carbocycles. The molecule has 0 radical (unpaired) electrons. The Morgan fingerprint density at radius 2 is 1.93 bits per heavy atom. The highest BCUT2D eigenvalue weighted by molar-refractivity contribution is 6.31. The second kappa shape index (κ2) is 6.20. The molecule has 2 nitrogen and oxygen atoms in total. The van der Waals surface area contributed by atoms with Gasteiger partial charge in [0.25, 0.3) is 0 Å². The largest absolute Gasteiger partial charge is 0.155 e. The van der Waals surface area contributed by atoms with Crippen LogP contribution in [0.2, 0.25) is 10.3 Å². The van der Waals surface area contributed by atoms with E-state index in [0.29, 0.717) is 10.3 Å². The number of aromatic nitrogens is 2. The molecular formula is C10H14Cl2N2. The van der Waals surface area contributed by atoms with E-state index in [0.717, 1.165) is 18.4 Å². The third-order valence-corrected chi connectivity index (χ3v) is 2.59. The second-order valence-corrected chi connectivity index (χ2v) is 4.04. The van der Waals surface area contributed by atoms with Crippen molar-refractivity contribution in [2.24, 2.45) is 0 Å². The van der Waals surface area contributed by atoms with Crippen LogP contribution in [0.15, 0.2) is 6.07 Å². The number of aryl methyl sites for hydroxylation is 1. The fourth-order valence-electron chi connectivity index (χ4n) is 1.31. The Bertz CT molecular complexity index is 289. The summed E-state index contributed by atoms with van der Waals surface area (Å²) in [7, 11) is 0. The van der Waals surface area contributed by atoms with E-state index in [4.69, 9.17) is 23.2 Å². The lowest BCUT2D eigenvalue weighted by molar-refractivity contribution is 0.665. The molecule has 0 N–H and O–H groups in total. The van der Waals surface area contributed by atoms with E-state index >= 15 is 0 Å². The van der Waals surface area contributed by atoms with Gasteiger partial charge >= 0.3 is 0 Å². The molecule has 1 heterocycles. The molecule has 14 heavy (non-hydrogen) atoms. The smallest absolute Gasteiger partial charge is 0.137 e. The first-order valence-corrected chi connectivity index (χ1v) is 5.67. The number of rotatable bonds is 5. The fraction of sp³-hybridized carbons (Fsp3) is 0.600. The summed E-state index contributed by atoms with van der Waals surface area (Å²) in [5.41, 5.74) is 1.00. The summed E-state index contributed by atoms with van der Waals surface area (Å²) >= 11 is 11.6. The summed E-state index contributed by atoms with van der Waals surface area (Å²) in [5.74, 6) is 0.